The summed E-state index contributed by atoms with van der Waals surface area (Å²) in [5.41, 5.74) is 1.36. The van der Waals surface area contributed by atoms with Crippen molar-refractivity contribution in [1.82, 2.24) is 20.2 Å². The lowest BCUT2D eigenvalue weighted by molar-refractivity contribution is -0.128. The molecule has 1 fully saturated rings. The first-order valence-corrected chi connectivity index (χ1v) is 8.62. The number of hydrogen-bond donors (Lipinski definition) is 1. The normalized spacial score (nSPS) is 19.5. The van der Waals surface area contributed by atoms with Gasteiger partial charge < -0.3 is 15.0 Å². The maximum Gasteiger partial charge on any atom is 0.256 e. The third-order valence-electron chi connectivity index (χ3n) is 4.64. The third-order valence-corrected chi connectivity index (χ3v) is 4.64. The van der Waals surface area contributed by atoms with Gasteiger partial charge in [-0.3, -0.25) is 14.6 Å². The quantitative estimate of drug-likeness (QED) is 0.855. The van der Waals surface area contributed by atoms with Crippen LogP contribution in [-0.2, 0) is 4.79 Å². The van der Waals surface area contributed by atoms with Gasteiger partial charge in [0, 0.05) is 44.0 Å². The summed E-state index contributed by atoms with van der Waals surface area (Å²) in [5, 5.41) is 2.92. The summed E-state index contributed by atoms with van der Waals surface area (Å²) >= 11 is 0. The van der Waals surface area contributed by atoms with Crippen LogP contribution >= 0.6 is 0 Å². The summed E-state index contributed by atoms with van der Waals surface area (Å²) in [6.07, 6.45) is 5.47. The molecule has 0 unspecified atom stereocenters. The molecule has 136 valence electrons. The molecule has 1 aliphatic heterocycles. The summed E-state index contributed by atoms with van der Waals surface area (Å²) in [5.74, 6) is 0.103. The van der Waals surface area contributed by atoms with E-state index in [0.717, 1.165) is 5.56 Å². The molecule has 3 heterocycles. The predicted molar refractivity (Wildman–Crippen MR) is 95.6 cm³/mol. The van der Waals surface area contributed by atoms with E-state index in [9.17, 15) is 9.59 Å². The molecule has 1 N–H and O–H groups in total. The van der Waals surface area contributed by atoms with Crippen molar-refractivity contribution in [3.8, 4) is 5.88 Å². The molecule has 1 saturated heterocycles. The molecule has 0 saturated carbocycles. The van der Waals surface area contributed by atoms with Crippen molar-refractivity contribution < 1.29 is 14.3 Å². The Labute approximate surface area is 152 Å². The first kappa shape index (κ1) is 17.8. The highest BCUT2D eigenvalue weighted by Gasteiger charge is 2.39. The van der Waals surface area contributed by atoms with Gasteiger partial charge in [-0.15, -0.1) is 0 Å². The van der Waals surface area contributed by atoms with Gasteiger partial charge in [0.05, 0.1) is 13.2 Å². The Kier molecular flexibility index (Phi) is 5.46. The average molecular weight is 354 g/mol. The molecule has 26 heavy (non-hydrogen) atoms. The molecule has 0 aliphatic carbocycles. The topological polar surface area (TPSA) is 84.4 Å². The van der Waals surface area contributed by atoms with Crippen LogP contribution in [0.5, 0.6) is 5.88 Å². The Hall–Kier alpha value is -2.96. The van der Waals surface area contributed by atoms with E-state index in [0.29, 0.717) is 25.1 Å². The minimum absolute atomic E-state index is 0.0155. The Bertz CT molecular complexity index is 781. The first-order chi connectivity index (χ1) is 12.7. The molecule has 2 atom stereocenters. The number of nitrogens with one attached hydrogen (secondary N) is 1. The van der Waals surface area contributed by atoms with Crippen LogP contribution in [0.2, 0.25) is 0 Å². The number of ether oxygens (including phenoxy) is 1. The van der Waals surface area contributed by atoms with Crippen LogP contribution in [0.25, 0.3) is 0 Å². The molecule has 0 aromatic carbocycles. The second-order valence-electron chi connectivity index (χ2n) is 6.15. The van der Waals surface area contributed by atoms with Gasteiger partial charge in [-0.1, -0.05) is 6.07 Å². The number of likely N-dealkylation sites (tertiary alicyclic amines) is 1. The van der Waals surface area contributed by atoms with Gasteiger partial charge in [0.25, 0.3) is 5.91 Å². The second kappa shape index (κ2) is 7.95. The fraction of sp³-hybridized carbons (Fsp3) is 0.368. The van der Waals surface area contributed by atoms with E-state index in [1.807, 2.05) is 24.0 Å². The van der Waals surface area contributed by atoms with Gasteiger partial charge >= 0.3 is 0 Å². The number of pyridine rings is 2. The predicted octanol–water partition coefficient (Wildman–Crippen LogP) is 1.82. The van der Waals surface area contributed by atoms with Gasteiger partial charge in [0.1, 0.15) is 5.56 Å². The molecule has 2 aromatic heterocycles. The second-order valence-corrected chi connectivity index (χ2v) is 6.15. The maximum absolute atomic E-state index is 12.5. The van der Waals surface area contributed by atoms with E-state index in [1.54, 1.807) is 30.7 Å². The Balaban J connectivity index is 1.75. The van der Waals surface area contributed by atoms with E-state index in [1.165, 1.54) is 7.11 Å². The number of rotatable bonds is 6. The summed E-state index contributed by atoms with van der Waals surface area (Å²) in [6, 6.07) is 7.10. The zero-order chi connectivity index (χ0) is 18.5. The molecule has 7 heteroatoms. The van der Waals surface area contributed by atoms with E-state index in [2.05, 4.69) is 15.3 Å². The fourth-order valence-corrected chi connectivity index (χ4v) is 3.47. The number of carbonyl (C=O) groups is 2. The van der Waals surface area contributed by atoms with Crippen LogP contribution < -0.4 is 10.1 Å². The minimum Gasteiger partial charge on any atom is -0.480 e. The van der Waals surface area contributed by atoms with Crippen molar-refractivity contribution in [1.29, 1.82) is 0 Å². The van der Waals surface area contributed by atoms with Crippen molar-refractivity contribution in [2.75, 3.05) is 20.2 Å². The standard InChI is InChI=1S/C19H22N4O3/c1-3-23-16(24)10-14(17(23)13-6-4-8-20-11-13)12-22-18(25)15-7-5-9-21-19(15)26-2/h4-9,11,14,17H,3,10,12H2,1-2H3,(H,22,25)/t14-,17-/m0/s1. The Morgan fingerprint density at radius 1 is 1.35 bits per heavy atom. The van der Waals surface area contributed by atoms with Crippen LogP contribution in [0.4, 0.5) is 0 Å². The maximum atomic E-state index is 12.5. The summed E-state index contributed by atoms with van der Waals surface area (Å²) in [4.78, 5) is 35.0. The zero-order valence-corrected chi connectivity index (χ0v) is 14.9. The van der Waals surface area contributed by atoms with E-state index in [-0.39, 0.29) is 29.7 Å². The van der Waals surface area contributed by atoms with Gasteiger partial charge in [-0.05, 0) is 30.7 Å². The molecule has 7 nitrogen and oxygen atoms in total. The van der Waals surface area contributed by atoms with Crippen LogP contribution in [-0.4, -0.2) is 46.9 Å². The van der Waals surface area contributed by atoms with Crippen molar-refractivity contribution in [3.05, 3.63) is 54.0 Å². The highest BCUT2D eigenvalue weighted by atomic mass is 16.5. The molecule has 2 amide bonds. The number of nitrogens with zero attached hydrogens (tertiary/aromatic N) is 3. The lowest BCUT2D eigenvalue weighted by Gasteiger charge is -2.27. The molecule has 0 radical (unpaired) electrons. The molecule has 0 spiro atoms. The highest BCUT2D eigenvalue weighted by Crippen LogP contribution is 2.37. The monoisotopic (exact) mass is 354 g/mol. The van der Waals surface area contributed by atoms with Crippen LogP contribution in [0.1, 0.15) is 35.3 Å². The fourth-order valence-electron chi connectivity index (χ4n) is 3.47. The summed E-state index contributed by atoms with van der Waals surface area (Å²) < 4.78 is 5.14. The van der Waals surface area contributed by atoms with Crippen LogP contribution in [0.3, 0.4) is 0 Å². The molecule has 2 aromatic rings. The minimum atomic E-state index is -0.262. The van der Waals surface area contributed by atoms with E-state index in [4.69, 9.17) is 4.74 Å². The largest absolute Gasteiger partial charge is 0.480 e. The number of carbonyl (C=O) groups excluding carboxylic acids is 2. The number of amides is 2. The van der Waals surface area contributed by atoms with Gasteiger partial charge in [-0.2, -0.15) is 0 Å². The third kappa shape index (κ3) is 3.51. The lowest BCUT2D eigenvalue weighted by atomic mass is 9.94. The van der Waals surface area contributed by atoms with E-state index >= 15 is 0 Å². The molecule has 1 aliphatic rings. The Morgan fingerprint density at radius 3 is 2.85 bits per heavy atom. The number of methoxy groups -OCH3 is 1. The SMILES string of the molecule is CCN1C(=O)C[C@@H](CNC(=O)c2cccnc2OC)[C@@H]1c1cccnc1. The molecular weight excluding hydrogens is 332 g/mol. The number of aromatic nitrogens is 2. The molecule has 3 rings (SSSR count). The molecule has 0 bridgehead atoms. The van der Waals surface area contributed by atoms with Crippen molar-refractivity contribution >= 4 is 11.8 Å². The average Bonchev–Trinajstić information content (AvgIpc) is 3.01. The van der Waals surface area contributed by atoms with Gasteiger partial charge in [0.2, 0.25) is 11.8 Å². The van der Waals surface area contributed by atoms with Crippen LogP contribution in [0.15, 0.2) is 42.9 Å². The van der Waals surface area contributed by atoms with Crippen molar-refractivity contribution in [3.63, 3.8) is 0 Å². The summed E-state index contributed by atoms with van der Waals surface area (Å²) in [6.45, 7) is 2.97. The van der Waals surface area contributed by atoms with E-state index < -0.39 is 0 Å². The Morgan fingerprint density at radius 2 is 2.15 bits per heavy atom. The zero-order valence-electron chi connectivity index (χ0n) is 14.9. The summed E-state index contributed by atoms with van der Waals surface area (Å²) in [7, 11) is 1.48. The van der Waals surface area contributed by atoms with Crippen molar-refractivity contribution in [2.45, 2.75) is 19.4 Å². The van der Waals surface area contributed by atoms with Gasteiger partial charge in [0.15, 0.2) is 0 Å². The van der Waals surface area contributed by atoms with Gasteiger partial charge in [-0.25, -0.2) is 4.98 Å². The lowest BCUT2D eigenvalue weighted by Crippen LogP contribution is -2.34. The smallest absolute Gasteiger partial charge is 0.256 e. The van der Waals surface area contributed by atoms with Crippen molar-refractivity contribution in [2.24, 2.45) is 5.92 Å². The number of hydrogen-bond acceptors (Lipinski definition) is 5. The molecular formula is C19H22N4O3. The first-order valence-electron chi connectivity index (χ1n) is 8.62. The highest BCUT2D eigenvalue weighted by molar-refractivity contribution is 5.96. The van der Waals surface area contributed by atoms with Crippen LogP contribution in [0, 0.1) is 5.92 Å².